The minimum atomic E-state index is -0.0983. The first-order valence-corrected chi connectivity index (χ1v) is 11.6. The fraction of sp³-hybridized carbons (Fsp3) is 0.214. The molecule has 1 aromatic heterocycles. The average molecular weight is 459 g/mol. The zero-order valence-corrected chi connectivity index (χ0v) is 19.6. The van der Waals surface area contributed by atoms with Gasteiger partial charge in [-0.3, -0.25) is 4.79 Å². The summed E-state index contributed by atoms with van der Waals surface area (Å²) in [5, 5.41) is 4.58. The molecule has 1 amide bonds. The van der Waals surface area contributed by atoms with Gasteiger partial charge in [-0.2, -0.15) is 0 Å². The molecule has 0 fully saturated rings. The molecule has 0 saturated carbocycles. The van der Waals surface area contributed by atoms with Gasteiger partial charge in [-0.1, -0.05) is 54.1 Å². The van der Waals surface area contributed by atoms with Crippen molar-refractivity contribution in [3.05, 3.63) is 95.0 Å². The van der Waals surface area contributed by atoms with E-state index in [4.69, 9.17) is 21.3 Å². The molecule has 4 rings (SSSR count). The molecule has 33 heavy (non-hydrogen) atoms. The highest BCUT2D eigenvalue weighted by atomic mass is 35.5. The van der Waals surface area contributed by atoms with Gasteiger partial charge in [-0.15, -0.1) is 0 Å². The molecule has 0 unspecified atom stereocenters. The molecule has 0 radical (unpaired) electrons. The number of carbonyl (C=O) groups is 1. The first-order chi connectivity index (χ1) is 16.0. The van der Waals surface area contributed by atoms with Gasteiger partial charge in [0.15, 0.2) is 0 Å². The first kappa shape index (κ1) is 22.8. The van der Waals surface area contributed by atoms with Crippen LogP contribution < -0.4 is 10.1 Å². The summed E-state index contributed by atoms with van der Waals surface area (Å²) in [5.74, 6) is 0.600. The lowest BCUT2D eigenvalue weighted by molar-refractivity contribution is 0.0938. The summed E-state index contributed by atoms with van der Waals surface area (Å²) >= 11 is 6.16. The van der Waals surface area contributed by atoms with E-state index in [0.29, 0.717) is 22.9 Å². The molecular weight excluding hydrogens is 432 g/mol. The van der Waals surface area contributed by atoms with Crippen LogP contribution in [0, 0.1) is 0 Å². The van der Waals surface area contributed by atoms with E-state index in [0.717, 1.165) is 35.0 Å². The van der Waals surface area contributed by atoms with E-state index in [1.54, 1.807) is 0 Å². The predicted molar refractivity (Wildman–Crippen MR) is 135 cm³/mol. The highest BCUT2D eigenvalue weighted by Gasteiger charge is 2.14. The Bertz CT molecular complexity index is 1260. The zero-order chi connectivity index (χ0) is 23.2. The third kappa shape index (κ3) is 5.71. The summed E-state index contributed by atoms with van der Waals surface area (Å²) in [6.45, 7) is 4.49. The predicted octanol–water partition coefficient (Wildman–Crippen LogP) is 6.71. The molecule has 1 atom stereocenters. The normalized spacial score (nSPS) is 11.8. The lowest BCUT2D eigenvalue weighted by Gasteiger charge is -2.15. The van der Waals surface area contributed by atoms with Crippen molar-refractivity contribution in [2.24, 2.45) is 0 Å². The first-order valence-electron chi connectivity index (χ1n) is 11.2. The van der Waals surface area contributed by atoms with Crippen LogP contribution in [0.25, 0.3) is 22.2 Å². The largest absolute Gasteiger partial charge is 0.493 e. The van der Waals surface area contributed by atoms with Gasteiger partial charge in [-0.25, -0.2) is 4.98 Å². The van der Waals surface area contributed by atoms with Gasteiger partial charge in [0.25, 0.3) is 5.91 Å². The number of fused-ring (bicyclic) bond motifs is 1. The lowest BCUT2D eigenvalue weighted by atomic mass is 10.0. The number of nitrogens with one attached hydrogen (secondary N) is 1. The molecule has 0 bridgehead atoms. The third-order valence-corrected chi connectivity index (χ3v) is 5.77. The Kier molecular flexibility index (Phi) is 7.26. The summed E-state index contributed by atoms with van der Waals surface area (Å²) in [5.41, 5.74) is 4.32. The lowest BCUT2D eigenvalue weighted by Crippen LogP contribution is -2.32. The number of hydrogen-bond donors (Lipinski definition) is 1. The molecule has 0 saturated heterocycles. The van der Waals surface area contributed by atoms with Crippen LogP contribution in [0.1, 0.15) is 36.2 Å². The topological polar surface area (TPSA) is 51.2 Å². The minimum Gasteiger partial charge on any atom is -0.493 e. The van der Waals surface area contributed by atoms with Gasteiger partial charge < -0.3 is 10.1 Å². The van der Waals surface area contributed by atoms with Crippen LogP contribution in [-0.2, 0) is 6.42 Å². The fourth-order valence-electron chi connectivity index (χ4n) is 3.81. The van der Waals surface area contributed by atoms with Gasteiger partial charge in [-0.05, 0) is 62.6 Å². The molecule has 1 heterocycles. The fourth-order valence-corrected chi connectivity index (χ4v) is 4.00. The highest BCUT2D eigenvalue weighted by Crippen LogP contribution is 2.31. The SMILES string of the molecule is CCOc1cc(-c2cccc(Cl)c2)nc2ccc(C(=O)N[C@@H](C)CCc3ccccc3)cc12. The Morgan fingerprint density at radius 1 is 1.03 bits per heavy atom. The summed E-state index contributed by atoms with van der Waals surface area (Å²) in [6.07, 6.45) is 1.79. The van der Waals surface area contributed by atoms with E-state index in [2.05, 4.69) is 17.4 Å². The number of rotatable bonds is 8. The van der Waals surface area contributed by atoms with Crippen LogP contribution in [0.2, 0.25) is 5.02 Å². The number of carbonyl (C=O) groups excluding carboxylic acids is 1. The highest BCUT2D eigenvalue weighted by molar-refractivity contribution is 6.30. The zero-order valence-electron chi connectivity index (χ0n) is 18.8. The second-order valence-corrected chi connectivity index (χ2v) is 8.52. The minimum absolute atomic E-state index is 0.0584. The third-order valence-electron chi connectivity index (χ3n) is 5.54. The number of benzene rings is 3. The van der Waals surface area contributed by atoms with Crippen molar-refractivity contribution in [2.45, 2.75) is 32.7 Å². The Balaban J connectivity index is 1.55. The van der Waals surface area contributed by atoms with Crippen molar-refractivity contribution in [3.63, 3.8) is 0 Å². The van der Waals surface area contributed by atoms with Crippen molar-refractivity contribution in [2.75, 3.05) is 6.61 Å². The monoisotopic (exact) mass is 458 g/mol. The number of ether oxygens (including phenoxy) is 1. The Hall–Kier alpha value is -3.37. The second kappa shape index (κ2) is 10.5. The molecule has 1 N–H and O–H groups in total. The van der Waals surface area contributed by atoms with E-state index in [-0.39, 0.29) is 11.9 Å². The standard InChI is InChI=1S/C28H27ClN2O2/c1-3-33-27-18-26(21-10-7-11-23(29)16-21)31-25-15-14-22(17-24(25)27)28(32)30-19(2)12-13-20-8-5-4-6-9-20/h4-11,14-19H,3,12-13H2,1-2H3,(H,30,32)/t19-/m0/s1. The molecule has 3 aromatic carbocycles. The van der Waals surface area contributed by atoms with E-state index in [1.165, 1.54) is 5.56 Å². The maximum atomic E-state index is 12.9. The van der Waals surface area contributed by atoms with Crippen molar-refractivity contribution in [3.8, 4) is 17.0 Å². The van der Waals surface area contributed by atoms with E-state index in [1.807, 2.05) is 80.6 Å². The van der Waals surface area contributed by atoms with Crippen LogP contribution in [-0.4, -0.2) is 23.5 Å². The maximum Gasteiger partial charge on any atom is 0.251 e. The Morgan fingerprint density at radius 3 is 2.61 bits per heavy atom. The van der Waals surface area contributed by atoms with Gasteiger partial charge in [0.05, 0.1) is 17.8 Å². The molecule has 0 aliphatic rings. The van der Waals surface area contributed by atoms with Gasteiger partial charge in [0, 0.05) is 33.6 Å². The van der Waals surface area contributed by atoms with Gasteiger partial charge in [0.1, 0.15) is 5.75 Å². The van der Waals surface area contributed by atoms with Crippen LogP contribution in [0.5, 0.6) is 5.75 Å². The number of halogens is 1. The molecule has 4 aromatic rings. The summed E-state index contributed by atoms with van der Waals surface area (Å²) < 4.78 is 5.91. The summed E-state index contributed by atoms with van der Waals surface area (Å²) in [4.78, 5) is 17.7. The van der Waals surface area contributed by atoms with Crippen LogP contribution in [0.4, 0.5) is 0 Å². The number of amides is 1. The van der Waals surface area contributed by atoms with E-state index < -0.39 is 0 Å². The van der Waals surface area contributed by atoms with E-state index in [9.17, 15) is 4.79 Å². The summed E-state index contributed by atoms with van der Waals surface area (Å²) in [6, 6.07) is 25.4. The second-order valence-electron chi connectivity index (χ2n) is 8.08. The van der Waals surface area contributed by atoms with Gasteiger partial charge in [0.2, 0.25) is 0 Å². The average Bonchev–Trinajstić information content (AvgIpc) is 2.83. The number of aryl methyl sites for hydroxylation is 1. The Labute approximate surface area is 199 Å². The van der Waals surface area contributed by atoms with Crippen molar-refractivity contribution >= 4 is 28.4 Å². The number of aromatic nitrogens is 1. The molecular formula is C28H27ClN2O2. The molecule has 5 heteroatoms. The maximum absolute atomic E-state index is 12.9. The number of pyridine rings is 1. The summed E-state index contributed by atoms with van der Waals surface area (Å²) in [7, 11) is 0. The van der Waals surface area contributed by atoms with Crippen LogP contribution in [0.15, 0.2) is 78.9 Å². The molecule has 4 nitrogen and oxygen atoms in total. The van der Waals surface area contributed by atoms with Crippen molar-refractivity contribution in [1.82, 2.24) is 10.3 Å². The van der Waals surface area contributed by atoms with Gasteiger partial charge >= 0.3 is 0 Å². The smallest absolute Gasteiger partial charge is 0.251 e. The quantitative estimate of drug-likeness (QED) is 0.319. The molecule has 0 aliphatic carbocycles. The molecule has 0 aliphatic heterocycles. The van der Waals surface area contributed by atoms with Crippen molar-refractivity contribution < 1.29 is 9.53 Å². The van der Waals surface area contributed by atoms with E-state index >= 15 is 0 Å². The van der Waals surface area contributed by atoms with Crippen molar-refractivity contribution in [1.29, 1.82) is 0 Å². The number of hydrogen-bond acceptors (Lipinski definition) is 3. The van der Waals surface area contributed by atoms with Crippen LogP contribution >= 0.6 is 11.6 Å². The Morgan fingerprint density at radius 2 is 1.85 bits per heavy atom. The number of nitrogens with zero attached hydrogens (tertiary/aromatic N) is 1. The molecule has 168 valence electrons. The molecule has 0 spiro atoms. The van der Waals surface area contributed by atoms with Crippen LogP contribution in [0.3, 0.4) is 0 Å².